The highest BCUT2D eigenvalue weighted by Crippen LogP contribution is 2.38. The van der Waals surface area contributed by atoms with Gasteiger partial charge in [0.25, 0.3) is 0 Å². The Morgan fingerprint density at radius 2 is 1.89 bits per heavy atom. The van der Waals surface area contributed by atoms with Crippen LogP contribution in [0.5, 0.6) is 0 Å². The molecule has 0 amide bonds. The first-order valence-electron chi connectivity index (χ1n) is 8.28. The van der Waals surface area contributed by atoms with Gasteiger partial charge in [-0.25, -0.2) is 0 Å². The van der Waals surface area contributed by atoms with Crippen LogP contribution in [0.15, 0.2) is 0 Å². The third-order valence-electron chi connectivity index (χ3n) is 4.47. The number of hydrogen-bond donors (Lipinski definition) is 1. The largest absolute Gasteiger partial charge is 0.390 e. The van der Waals surface area contributed by atoms with E-state index in [1.165, 1.54) is 51.4 Å². The minimum absolute atomic E-state index is 0.315. The van der Waals surface area contributed by atoms with Gasteiger partial charge in [-0.2, -0.15) is 0 Å². The Morgan fingerprint density at radius 3 is 2.56 bits per heavy atom. The van der Waals surface area contributed by atoms with E-state index in [2.05, 4.69) is 20.8 Å². The van der Waals surface area contributed by atoms with Crippen LogP contribution in [0.1, 0.15) is 91.4 Å². The standard InChI is InChI=1S/C17H34O/c1-4-5-6-7-8-11-17(18)12-9-10-16(14-17)13-15(2)3/h15-16,18H,4-14H2,1-3H3. The van der Waals surface area contributed by atoms with Gasteiger partial charge in [0.2, 0.25) is 0 Å². The van der Waals surface area contributed by atoms with E-state index in [1.807, 2.05) is 0 Å². The van der Waals surface area contributed by atoms with E-state index in [0.29, 0.717) is 0 Å². The second-order valence-electron chi connectivity index (χ2n) is 6.98. The number of unbranched alkanes of at least 4 members (excludes halogenated alkanes) is 4. The van der Waals surface area contributed by atoms with Crippen molar-refractivity contribution < 1.29 is 5.11 Å². The van der Waals surface area contributed by atoms with Crippen molar-refractivity contribution in [2.75, 3.05) is 0 Å². The SMILES string of the molecule is CCCCCCCC1(O)CCCC(CC(C)C)C1. The van der Waals surface area contributed by atoms with Gasteiger partial charge in [-0.3, -0.25) is 0 Å². The van der Waals surface area contributed by atoms with Gasteiger partial charge in [0.1, 0.15) is 0 Å². The normalized spacial score (nSPS) is 28.8. The lowest BCUT2D eigenvalue weighted by molar-refractivity contribution is -0.0281. The summed E-state index contributed by atoms with van der Waals surface area (Å²) in [6.45, 7) is 6.86. The lowest BCUT2D eigenvalue weighted by Gasteiger charge is -2.37. The lowest BCUT2D eigenvalue weighted by Crippen LogP contribution is -2.35. The van der Waals surface area contributed by atoms with E-state index in [-0.39, 0.29) is 5.60 Å². The van der Waals surface area contributed by atoms with Crippen LogP contribution in [0, 0.1) is 11.8 Å². The monoisotopic (exact) mass is 254 g/mol. The van der Waals surface area contributed by atoms with Crippen molar-refractivity contribution in [3.63, 3.8) is 0 Å². The van der Waals surface area contributed by atoms with Gasteiger partial charge in [-0.05, 0) is 37.5 Å². The molecule has 0 heterocycles. The molecule has 1 rings (SSSR count). The van der Waals surface area contributed by atoms with Crippen molar-refractivity contribution in [1.82, 2.24) is 0 Å². The summed E-state index contributed by atoms with van der Waals surface area (Å²) in [5, 5.41) is 10.7. The van der Waals surface area contributed by atoms with Crippen molar-refractivity contribution in [2.45, 2.75) is 97.0 Å². The molecule has 1 saturated carbocycles. The van der Waals surface area contributed by atoms with E-state index in [0.717, 1.165) is 31.1 Å². The molecule has 0 bridgehead atoms. The van der Waals surface area contributed by atoms with Crippen LogP contribution in [0.4, 0.5) is 0 Å². The van der Waals surface area contributed by atoms with Gasteiger partial charge < -0.3 is 5.11 Å². The Kier molecular flexibility index (Phi) is 7.29. The Morgan fingerprint density at radius 1 is 1.17 bits per heavy atom. The predicted molar refractivity (Wildman–Crippen MR) is 79.7 cm³/mol. The molecule has 1 aliphatic rings. The van der Waals surface area contributed by atoms with E-state index in [1.54, 1.807) is 0 Å². The Balaban J connectivity index is 2.24. The zero-order valence-electron chi connectivity index (χ0n) is 12.9. The first-order chi connectivity index (χ1) is 8.56. The summed E-state index contributed by atoms with van der Waals surface area (Å²) in [4.78, 5) is 0. The summed E-state index contributed by atoms with van der Waals surface area (Å²) in [7, 11) is 0. The molecule has 1 N–H and O–H groups in total. The molecule has 0 aromatic heterocycles. The van der Waals surface area contributed by atoms with Crippen LogP contribution < -0.4 is 0 Å². The van der Waals surface area contributed by atoms with E-state index >= 15 is 0 Å². The molecular weight excluding hydrogens is 220 g/mol. The Labute approximate surface area is 114 Å². The quantitative estimate of drug-likeness (QED) is 0.582. The molecule has 2 atom stereocenters. The van der Waals surface area contributed by atoms with Crippen LogP contribution in [-0.4, -0.2) is 10.7 Å². The molecule has 1 aliphatic carbocycles. The molecule has 1 nitrogen and oxygen atoms in total. The first kappa shape index (κ1) is 16.0. The molecule has 108 valence electrons. The Bertz CT molecular complexity index is 212. The van der Waals surface area contributed by atoms with E-state index in [9.17, 15) is 5.11 Å². The molecule has 1 heteroatoms. The van der Waals surface area contributed by atoms with Crippen LogP contribution >= 0.6 is 0 Å². The molecule has 0 aromatic rings. The molecule has 0 spiro atoms. The van der Waals surface area contributed by atoms with Gasteiger partial charge in [-0.1, -0.05) is 65.7 Å². The summed E-state index contributed by atoms with van der Waals surface area (Å²) in [5.74, 6) is 1.56. The number of hydrogen-bond acceptors (Lipinski definition) is 1. The molecular formula is C17H34O. The zero-order valence-corrected chi connectivity index (χ0v) is 12.9. The highest BCUT2D eigenvalue weighted by molar-refractivity contribution is 4.86. The highest BCUT2D eigenvalue weighted by atomic mass is 16.3. The van der Waals surface area contributed by atoms with Gasteiger partial charge >= 0.3 is 0 Å². The fourth-order valence-electron chi connectivity index (χ4n) is 3.61. The van der Waals surface area contributed by atoms with Crippen LogP contribution in [0.25, 0.3) is 0 Å². The van der Waals surface area contributed by atoms with Crippen molar-refractivity contribution in [1.29, 1.82) is 0 Å². The molecule has 1 fully saturated rings. The van der Waals surface area contributed by atoms with Crippen LogP contribution in [0.3, 0.4) is 0 Å². The van der Waals surface area contributed by atoms with Crippen molar-refractivity contribution in [3.05, 3.63) is 0 Å². The van der Waals surface area contributed by atoms with Crippen LogP contribution in [-0.2, 0) is 0 Å². The lowest BCUT2D eigenvalue weighted by atomic mass is 9.73. The van der Waals surface area contributed by atoms with Crippen molar-refractivity contribution in [3.8, 4) is 0 Å². The smallest absolute Gasteiger partial charge is 0.0650 e. The second kappa shape index (κ2) is 8.19. The third kappa shape index (κ3) is 6.22. The fourth-order valence-corrected chi connectivity index (χ4v) is 3.61. The number of rotatable bonds is 8. The van der Waals surface area contributed by atoms with Gasteiger partial charge in [-0.15, -0.1) is 0 Å². The molecule has 2 unspecified atom stereocenters. The molecule has 18 heavy (non-hydrogen) atoms. The minimum Gasteiger partial charge on any atom is -0.390 e. The topological polar surface area (TPSA) is 20.2 Å². The predicted octanol–water partition coefficient (Wildman–Crippen LogP) is 5.31. The minimum atomic E-state index is -0.315. The average molecular weight is 254 g/mol. The van der Waals surface area contributed by atoms with Gasteiger partial charge in [0, 0.05) is 0 Å². The van der Waals surface area contributed by atoms with E-state index < -0.39 is 0 Å². The Hall–Kier alpha value is -0.0400. The van der Waals surface area contributed by atoms with E-state index in [4.69, 9.17) is 0 Å². The highest BCUT2D eigenvalue weighted by Gasteiger charge is 2.33. The summed E-state index contributed by atoms with van der Waals surface area (Å²) in [6.07, 6.45) is 13.6. The van der Waals surface area contributed by atoms with Gasteiger partial charge in [0.05, 0.1) is 5.60 Å². The summed E-state index contributed by atoms with van der Waals surface area (Å²) < 4.78 is 0. The first-order valence-corrected chi connectivity index (χ1v) is 8.28. The van der Waals surface area contributed by atoms with Crippen LogP contribution in [0.2, 0.25) is 0 Å². The summed E-state index contributed by atoms with van der Waals surface area (Å²) >= 11 is 0. The molecule has 0 aliphatic heterocycles. The molecule has 0 aromatic carbocycles. The summed E-state index contributed by atoms with van der Waals surface area (Å²) in [6, 6.07) is 0. The maximum Gasteiger partial charge on any atom is 0.0650 e. The van der Waals surface area contributed by atoms with Crippen molar-refractivity contribution in [2.24, 2.45) is 11.8 Å². The fraction of sp³-hybridized carbons (Fsp3) is 1.00. The average Bonchev–Trinajstić information content (AvgIpc) is 2.28. The maximum absolute atomic E-state index is 10.7. The number of aliphatic hydroxyl groups is 1. The van der Waals surface area contributed by atoms with Crippen molar-refractivity contribution >= 4 is 0 Å². The third-order valence-corrected chi connectivity index (χ3v) is 4.47. The zero-order chi connectivity index (χ0) is 13.4. The molecule has 0 saturated heterocycles. The summed E-state index contributed by atoms with van der Waals surface area (Å²) in [5.41, 5.74) is -0.315. The molecule has 0 radical (unpaired) electrons. The maximum atomic E-state index is 10.7. The second-order valence-corrected chi connectivity index (χ2v) is 6.98. The van der Waals surface area contributed by atoms with Gasteiger partial charge in [0.15, 0.2) is 0 Å².